The van der Waals surface area contributed by atoms with E-state index in [2.05, 4.69) is 174 Å². The summed E-state index contributed by atoms with van der Waals surface area (Å²) in [6, 6.07) is 66.0. The van der Waals surface area contributed by atoms with E-state index in [0.717, 1.165) is 66.3 Å². The Labute approximate surface area is 337 Å². The normalized spacial score (nSPS) is 11.8. The van der Waals surface area contributed by atoms with Gasteiger partial charge in [-0.2, -0.15) is 0 Å². The lowest BCUT2D eigenvalue weighted by Crippen LogP contribution is -2.00. The van der Waals surface area contributed by atoms with Crippen LogP contribution in [0.2, 0.25) is 0 Å². The fourth-order valence-electron chi connectivity index (χ4n) is 8.54. The number of para-hydroxylation sites is 3. The Morgan fingerprint density at radius 1 is 0.362 bits per heavy atom. The lowest BCUT2D eigenvalue weighted by molar-refractivity contribution is 1.07. The van der Waals surface area contributed by atoms with Crippen LogP contribution in [0.15, 0.2) is 188 Å². The van der Waals surface area contributed by atoms with Gasteiger partial charge in [0.1, 0.15) is 0 Å². The molecule has 0 saturated heterocycles. The second kappa shape index (κ2) is 13.0. The van der Waals surface area contributed by atoms with Crippen molar-refractivity contribution in [3.8, 4) is 51.1 Å². The van der Waals surface area contributed by atoms with Crippen LogP contribution in [0.4, 0.5) is 0 Å². The monoisotopic (exact) mass is 757 g/mol. The second-order valence-corrected chi connectivity index (χ2v) is 15.7. The van der Waals surface area contributed by atoms with Crippen LogP contribution >= 0.6 is 11.3 Å². The molecule has 12 aromatic rings. The Bertz CT molecular complexity index is 3560. The summed E-state index contributed by atoms with van der Waals surface area (Å²) in [6.45, 7) is 0. The third kappa shape index (κ3) is 5.16. The van der Waals surface area contributed by atoms with E-state index in [9.17, 15) is 0 Å². The predicted octanol–water partition coefficient (Wildman–Crippen LogP) is 13.7. The maximum atomic E-state index is 5.22. The first-order chi connectivity index (χ1) is 28.7. The van der Waals surface area contributed by atoms with E-state index in [1.165, 1.54) is 30.9 Å². The molecule has 0 aliphatic heterocycles. The molecule has 270 valence electrons. The van der Waals surface area contributed by atoms with E-state index in [1.54, 1.807) is 0 Å². The van der Waals surface area contributed by atoms with Gasteiger partial charge in [-0.1, -0.05) is 127 Å². The van der Waals surface area contributed by atoms with Gasteiger partial charge in [-0.25, -0.2) is 19.9 Å². The minimum absolute atomic E-state index is 0.635. The summed E-state index contributed by atoms with van der Waals surface area (Å²) in [5, 5.41) is 8.28. The topological polar surface area (TPSA) is 56.5 Å². The van der Waals surface area contributed by atoms with Crippen molar-refractivity contribution in [1.82, 2.24) is 24.5 Å². The predicted molar refractivity (Wildman–Crippen MR) is 242 cm³/mol. The Hall–Kier alpha value is -7.54. The SMILES string of the molecule is c1ccc(-c2nc(-c3ccc4sc5c(ccc6c(-c7ccccc7)nc7ccccc7c65)c4c3)nc(-c3ccc4c(c3)c3ccccc3n4-c3ccccc3)n2)cc1. The summed E-state index contributed by atoms with van der Waals surface area (Å²) in [4.78, 5) is 20.7. The van der Waals surface area contributed by atoms with Crippen molar-refractivity contribution >= 4 is 75.0 Å². The summed E-state index contributed by atoms with van der Waals surface area (Å²) in [5.41, 5.74) is 9.35. The van der Waals surface area contributed by atoms with Crippen molar-refractivity contribution in [2.75, 3.05) is 0 Å². The number of rotatable bonds is 5. The first-order valence-corrected chi connectivity index (χ1v) is 20.2. The number of benzene rings is 8. The van der Waals surface area contributed by atoms with Gasteiger partial charge in [-0.15, -0.1) is 11.3 Å². The van der Waals surface area contributed by atoms with E-state index < -0.39 is 0 Å². The smallest absolute Gasteiger partial charge is 0.164 e. The zero-order chi connectivity index (χ0) is 38.2. The van der Waals surface area contributed by atoms with Crippen LogP contribution in [0.3, 0.4) is 0 Å². The first-order valence-electron chi connectivity index (χ1n) is 19.4. The van der Waals surface area contributed by atoms with Crippen LogP contribution in [0.5, 0.6) is 0 Å². The quantitative estimate of drug-likeness (QED) is 0.164. The molecule has 0 N–H and O–H groups in total. The minimum atomic E-state index is 0.635. The maximum Gasteiger partial charge on any atom is 0.164 e. The molecule has 0 amide bonds. The van der Waals surface area contributed by atoms with Gasteiger partial charge in [0.05, 0.1) is 22.2 Å². The lowest BCUT2D eigenvalue weighted by atomic mass is 9.98. The van der Waals surface area contributed by atoms with Crippen LogP contribution in [-0.4, -0.2) is 24.5 Å². The molecule has 0 saturated carbocycles. The highest BCUT2D eigenvalue weighted by atomic mass is 32.1. The van der Waals surface area contributed by atoms with Gasteiger partial charge in [0.2, 0.25) is 0 Å². The van der Waals surface area contributed by atoms with Crippen LogP contribution in [0, 0.1) is 0 Å². The maximum absolute atomic E-state index is 5.22. The Morgan fingerprint density at radius 3 is 1.69 bits per heavy atom. The van der Waals surface area contributed by atoms with Crippen LogP contribution < -0.4 is 0 Å². The molecule has 5 nitrogen and oxygen atoms in total. The van der Waals surface area contributed by atoms with Crippen molar-refractivity contribution in [3.63, 3.8) is 0 Å². The van der Waals surface area contributed by atoms with E-state index in [4.69, 9.17) is 19.9 Å². The molecular weight excluding hydrogens is 727 g/mol. The molecule has 0 fully saturated rings. The third-order valence-electron chi connectivity index (χ3n) is 11.2. The van der Waals surface area contributed by atoms with Crippen LogP contribution in [0.1, 0.15) is 0 Å². The molecule has 8 aromatic carbocycles. The average molecular weight is 758 g/mol. The van der Waals surface area contributed by atoms with Gasteiger partial charge in [-0.05, 0) is 60.7 Å². The largest absolute Gasteiger partial charge is 0.309 e. The second-order valence-electron chi connectivity index (χ2n) is 14.6. The number of pyridine rings is 1. The van der Waals surface area contributed by atoms with Gasteiger partial charge < -0.3 is 4.57 Å². The van der Waals surface area contributed by atoms with Gasteiger partial charge in [0.25, 0.3) is 0 Å². The zero-order valence-corrected chi connectivity index (χ0v) is 31.9. The molecule has 0 unspecified atom stereocenters. The van der Waals surface area contributed by atoms with Gasteiger partial charge in [0.15, 0.2) is 17.5 Å². The number of hydrogen-bond acceptors (Lipinski definition) is 5. The van der Waals surface area contributed by atoms with E-state index in [0.29, 0.717) is 17.5 Å². The summed E-state index contributed by atoms with van der Waals surface area (Å²) in [7, 11) is 0. The lowest BCUT2D eigenvalue weighted by Gasteiger charge is -2.11. The van der Waals surface area contributed by atoms with Crippen molar-refractivity contribution in [3.05, 3.63) is 188 Å². The number of aromatic nitrogens is 5. The summed E-state index contributed by atoms with van der Waals surface area (Å²) < 4.78 is 4.80. The number of fused-ring (bicyclic) bond motifs is 10. The van der Waals surface area contributed by atoms with Gasteiger partial charge in [0, 0.05) is 75.0 Å². The Kier molecular flexibility index (Phi) is 7.33. The molecule has 0 radical (unpaired) electrons. The fourth-order valence-corrected chi connectivity index (χ4v) is 9.79. The highest BCUT2D eigenvalue weighted by molar-refractivity contribution is 7.26. The minimum Gasteiger partial charge on any atom is -0.309 e. The molecule has 0 spiro atoms. The van der Waals surface area contributed by atoms with Crippen molar-refractivity contribution in [2.45, 2.75) is 0 Å². The highest BCUT2D eigenvalue weighted by Crippen LogP contribution is 2.44. The fraction of sp³-hybridized carbons (Fsp3) is 0. The molecule has 58 heavy (non-hydrogen) atoms. The van der Waals surface area contributed by atoms with Crippen molar-refractivity contribution in [1.29, 1.82) is 0 Å². The number of nitrogens with zero attached hydrogens (tertiary/aromatic N) is 5. The van der Waals surface area contributed by atoms with Gasteiger partial charge >= 0.3 is 0 Å². The van der Waals surface area contributed by atoms with Crippen molar-refractivity contribution < 1.29 is 0 Å². The van der Waals surface area contributed by atoms with Crippen LogP contribution in [-0.2, 0) is 0 Å². The van der Waals surface area contributed by atoms with Gasteiger partial charge in [-0.3, -0.25) is 0 Å². The third-order valence-corrected chi connectivity index (χ3v) is 12.4. The summed E-state index contributed by atoms with van der Waals surface area (Å²) in [6.07, 6.45) is 0. The molecule has 0 atom stereocenters. The first kappa shape index (κ1) is 32.7. The molecule has 6 heteroatoms. The average Bonchev–Trinajstić information content (AvgIpc) is 3.84. The van der Waals surface area contributed by atoms with Crippen molar-refractivity contribution in [2.24, 2.45) is 0 Å². The zero-order valence-electron chi connectivity index (χ0n) is 31.0. The Balaban J connectivity index is 1.06. The Morgan fingerprint density at radius 2 is 0.931 bits per heavy atom. The molecule has 4 heterocycles. The molecule has 0 bridgehead atoms. The van der Waals surface area contributed by atoms with E-state index in [-0.39, 0.29) is 0 Å². The summed E-state index contributed by atoms with van der Waals surface area (Å²) in [5.74, 6) is 1.91. The van der Waals surface area contributed by atoms with E-state index in [1.807, 2.05) is 29.5 Å². The molecule has 0 aliphatic carbocycles. The molecular formula is C52H31N5S. The standard InChI is InChI=1S/C52H31N5S/c1-4-14-32(15-5-1)48-40-27-26-38-42-31-35(25-29-46(42)58-49(38)47(40)39-21-10-12-22-43(39)53-48)52-55-50(33-16-6-2-7-17-33)54-51(56-52)34-24-28-45-41(30-34)37-20-11-13-23-44(37)57(45)36-18-8-3-9-19-36/h1-31H. The number of thiophene rings is 1. The number of hydrogen-bond donors (Lipinski definition) is 0. The molecule has 0 aliphatic rings. The molecule has 12 rings (SSSR count). The van der Waals surface area contributed by atoms with Crippen LogP contribution in [0.25, 0.3) is 115 Å². The van der Waals surface area contributed by atoms with E-state index >= 15 is 0 Å². The highest BCUT2D eigenvalue weighted by Gasteiger charge is 2.19. The summed E-state index contributed by atoms with van der Waals surface area (Å²) >= 11 is 1.83. The molecule has 4 aromatic heterocycles.